The minimum atomic E-state index is -0.993. The summed E-state index contributed by atoms with van der Waals surface area (Å²) in [5, 5.41) is 11.7. The first-order valence-electron chi connectivity index (χ1n) is 5.29. The minimum Gasteiger partial charge on any atom is -0.478 e. The van der Waals surface area contributed by atoms with Crippen LogP contribution in [0.25, 0.3) is 0 Å². The van der Waals surface area contributed by atoms with Crippen molar-refractivity contribution in [2.75, 3.05) is 27.2 Å². The summed E-state index contributed by atoms with van der Waals surface area (Å²) in [5.41, 5.74) is 0.674. The van der Waals surface area contributed by atoms with Crippen molar-refractivity contribution < 1.29 is 14.7 Å². The predicted molar refractivity (Wildman–Crippen MR) is 64.3 cm³/mol. The highest BCUT2D eigenvalue weighted by Crippen LogP contribution is 2.06. The minimum absolute atomic E-state index is 0.114. The van der Waals surface area contributed by atoms with E-state index in [0.717, 1.165) is 6.54 Å². The maximum atomic E-state index is 11.9. The summed E-state index contributed by atoms with van der Waals surface area (Å²) >= 11 is 0. The molecule has 2 N–H and O–H groups in total. The number of nitrogens with zero attached hydrogens (tertiary/aromatic N) is 1. The Balaban J connectivity index is 2.72. The molecule has 5 nitrogen and oxygen atoms in total. The molecule has 0 saturated heterocycles. The van der Waals surface area contributed by atoms with E-state index in [1.165, 1.54) is 24.3 Å². The lowest BCUT2D eigenvalue weighted by atomic mass is 10.1. The molecule has 0 heterocycles. The van der Waals surface area contributed by atoms with Crippen LogP contribution in [0.2, 0.25) is 0 Å². The molecule has 1 amide bonds. The van der Waals surface area contributed by atoms with Crippen LogP contribution in [0.3, 0.4) is 0 Å². The van der Waals surface area contributed by atoms with Gasteiger partial charge >= 0.3 is 5.97 Å². The molecule has 0 aromatic heterocycles. The highest BCUT2D eigenvalue weighted by Gasteiger charge is 2.11. The largest absolute Gasteiger partial charge is 0.478 e. The van der Waals surface area contributed by atoms with E-state index in [0.29, 0.717) is 12.1 Å². The molecule has 17 heavy (non-hydrogen) atoms. The zero-order chi connectivity index (χ0) is 12.8. The molecule has 0 fully saturated rings. The topological polar surface area (TPSA) is 69.6 Å². The van der Waals surface area contributed by atoms with E-state index in [1.807, 2.05) is 7.05 Å². The van der Waals surface area contributed by atoms with E-state index in [-0.39, 0.29) is 11.5 Å². The number of amides is 1. The van der Waals surface area contributed by atoms with Gasteiger partial charge in [0, 0.05) is 25.7 Å². The first-order valence-corrected chi connectivity index (χ1v) is 5.29. The van der Waals surface area contributed by atoms with Crippen LogP contribution in [-0.4, -0.2) is 49.1 Å². The molecule has 0 spiro atoms. The SMILES string of the molecule is CNCCN(C)C(=O)c1ccc(C(=O)O)cc1. The third kappa shape index (κ3) is 3.57. The molecule has 0 aliphatic carbocycles. The van der Waals surface area contributed by atoms with E-state index in [1.54, 1.807) is 11.9 Å². The van der Waals surface area contributed by atoms with Crippen molar-refractivity contribution in [2.24, 2.45) is 0 Å². The molecular formula is C12H16N2O3. The van der Waals surface area contributed by atoms with E-state index in [4.69, 9.17) is 5.11 Å². The van der Waals surface area contributed by atoms with Gasteiger partial charge in [0.25, 0.3) is 5.91 Å². The van der Waals surface area contributed by atoms with Crippen molar-refractivity contribution in [3.05, 3.63) is 35.4 Å². The molecule has 0 radical (unpaired) electrons. The van der Waals surface area contributed by atoms with Gasteiger partial charge in [-0.1, -0.05) is 0 Å². The lowest BCUT2D eigenvalue weighted by molar-refractivity contribution is 0.0695. The van der Waals surface area contributed by atoms with E-state index < -0.39 is 5.97 Å². The molecule has 0 bridgehead atoms. The molecular weight excluding hydrogens is 220 g/mol. The number of carboxylic acids is 1. The van der Waals surface area contributed by atoms with Crippen molar-refractivity contribution in [1.29, 1.82) is 0 Å². The van der Waals surface area contributed by atoms with Crippen LogP contribution in [0.15, 0.2) is 24.3 Å². The van der Waals surface area contributed by atoms with Crippen molar-refractivity contribution in [2.45, 2.75) is 0 Å². The number of hydrogen-bond donors (Lipinski definition) is 2. The highest BCUT2D eigenvalue weighted by atomic mass is 16.4. The lowest BCUT2D eigenvalue weighted by Gasteiger charge is -2.16. The van der Waals surface area contributed by atoms with Crippen LogP contribution in [0, 0.1) is 0 Å². The molecule has 5 heteroatoms. The molecule has 0 saturated carbocycles. The molecule has 0 aliphatic heterocycles. The molecule has 0 atom stereocenters. The number of carboxylic acid groups (broad SMARTS) is 1. The van der Waals surface area contributed by atoms with Crippen molar-refractivity contribution in [1.82, 2.24) is 10.2 Å². The van der Waals surface area contributed by atoms with Crippen LogP contribution in [0.5, 0.6) is 0 Å². The Labute approximate surface area is 100 Å². The van der Waals surface area contributed by atoms with Gasteiger partial charge in [-0.25, -0.2) is 4.79 Å². The molecule has 0 aliphatic rings. The predicted octanol–water partition coefficient (Wildman–Crippen LogP) is 0.676. The lowest BCUT2D eigenvalue weighted by Crippen LogP contribution is -2.32. The van der Waals surface area contributed by atoms with Crippen molar-refractivity contribution in [3.63, 3.8) is 0 Å². The Kier molecular flexibility index (Phi) is 4.66. The second kappa shape index (κ2) is 6.00. The standard InChI is InChI=1S/C12H16N2O3/c1-13-7-8-14(2)11(15)9-3-5-10(6-4-9)12(16)17/h3-6,13H,7-8H2,1-2H3,(H,16,17). The second-order valence-electron chi connectivity index (χ2n) is 3.71. The van der Waals surface area contributed by atoms with E-state index in [2.05, 4.69) is 5.32 Å². The molecule has 92 valence electrons. The fraction of sp³-hybridized carbons (Fsp3) is 0.333. The van der Waals surface area contributed by atoms with Crippen LogP contribution in [0.1, 0.15) is 20.7 Å². The molecule has 1 aromatic rings. The number of rotatable bonds is 5. The van der Waals surface area contributed by atoms with Crippen molar-refractivity contribution in [3.8, 4) is 0 Å². The van der Waals surface area contributed by atoms with Crippen LogP contribution in [-0.2, 0) is 0 Å². The fourth-order valence-corrected chi connectivity index (χ4v) is 1.36. The van der Waals surface area contributed by atoms with Crippen LogP contribution in [0.4, 0.5) is 0 Å². The first kappa shape index (κ1) is 13.2. The fourth-order valence-electron chi connectivity index (χ4n) is 1.36. The quantitative estimate of drug-likeness (QED) is 0.788. The number of nitrogens with one attached hydrogen (secondary N) is 1. The van der Waals surface area contributed by atoms with Crippen LogP contribution >= 0.6 is 0 Å². The monoisotopic (exact) mass is 236 g/mol. The van der Waals surface area contributed by atoms with Gasteiger partial charge in [0.05, 0.1) is 5.56 Å². The Morgan fingerprint density at radius 2 is 1.76 bits per heavy atom. The highest BCUT2D eigenvalue weighted by molar-refractivity contribution is 5.95. The maximum Gasteiger partial charge on any atom is 0.335 e. The number of carbonyl (C=O) groups excluding carboxylic acids is 1. The Morgan fingerprint density at radius 3 is 2.24 bits per heavy atom. The zero-order valence-electron chi connectivity index (χ0n) is 9.93. The summed E-state index contributed by atoms with van der Waals surface area (Å²) in [4.78, 5) is 24.1. The number of carbonyl (C=O) groups is 2. The maximum absolute atomic E-state index is 11.9. The normalized spacial score (nSPS) is 10.0. The molecule has 1 rings (SSSR count). The van der Waals surface area contributed by atoms with Gasteiger partial charge in [-0.3, -0.25) is 4.79 Å². The Bertz CT molecular complexity index is 401. The Morgan fingerprint density at radius 1 is 1.24 bits per heavy atom. The van der Waals surface area contributed by atoms with E-state index in [9.17, 15) is 9.59 Å². The molecule has 1 aromatic carbocycles. The summed E-state index contributed by atoms with van der Waals surface area (Å²) in [7, 11) is 3.53. The summed E-state index contributed by atoms with van der Waals surface area (Å²) < 4.78 is 0. The summed E-state index contributed by atoms with van der Waals surface area (Å²) in [5.74, 6) is -1.11. The Hall–Kier alpha value is -1.88. The third-order valence-electron chi connectivity index (χ3n) is 2.42. The third-order valence-corrected chi connectivity index (χ3v) is 2.42. The summed E-state index contributed by atoms with van der Waals surface area (Å²) in [6.07, 6.45) is 0. The van der Waals surface area contributed by atoms with Gasteiger partial charge in [0.2, 0.25) is 0 Å². The molecule has 0 unspecified atom stereocenters. The number of likely N-dealkylation sites (N-methyl/N-ethyl adjacent to an activating group) is 2. The second-order valence-corrected chi connectivity index (χ2v) is 3.71. The summed E-state index contributed by atoms with van der Waals surface area (Å²) in [6, 6.07) is 5.92. The van der Waals surface area contributed by atoms with Crippen molar-refractivity contribution >= 4 is 11.9 Å². The van der Waals surface area contributed by atoms with Gasteiger partial charge in [0.1, 0.15) is 0 Å². The van der Waals surface area contributed by atoms with Gasteiger partial charge < -0.3 is 15.3 Å². The van der Waals surface area contributed by atoms with Gasteiger partial charge in [-0.15, -0.1) is 0 Å². The van der Waals surface area contributed by atoms with Gasteiger partial charge in [0.15, 0.2) is 0 Å². The van der Waals surface area contributed by atoms with Gasteiger partial charge in [-0.2, -0.15) is 0 Å². The zero-order valence-corrected chi connectivity index (χ0v) is 9.93. The average Bonchev–Trinajstić information content (AvgIpc) is 2.35. The first-order chi connectivity index (χ1) is 8.06. The van der Waals surface area contributed by atoms with Gasteiger partial charge in [-0.05, 0) is 31.3 Å². The smallest absolute Gasteiger partial charge is 0.335 e. The number of aromatic carboxylic acids is 1. The number of hydrogen-bond acceptors (Lipinski definition) is 3. The van der Waals surface area contributed by atoms with Crippen LogP contribution < -0.4 is 5.32 Å². The summed E-state index contributed by atoms with van der Waals surface area (Å²) in [6.45, 7) is 1.32. The van der Waals surface area contributed by atoms with E-state index >= 15 is 0 Å². The average molecular weight is 236 g/mol. The number of benzene rings is 1.